The summed E-state index contributed by atoms with van der Waals surface area (Å²) in [5.74, 6) is -0.761. The fraction of sp³-hybridized carbons (Fsp3) is 0.700. The van der Waals surface area contributed by atoms with Gasteiger partial charge in [0.15, 0.2) is 0 Å². The summed E-state index contributed by atoms with van der Waals surface area (Å²) in [6.07, 6.45) is 4.79. The first-order valence-electron chi connectivity index (χ1n) is 9.75. The molecule has 0 N–H and O–H groups in total. The molecular weight excluding hydrogens is 383 g/mol. The van der Waals surface area contributed by atoms with Gasteiger partial charge in [0.05, 0.1) is 26.4 Å². The van der Waals surface area contributed by atoms with Crippen LogP contribution in [0, 0.1) is 0 Å². The Hall–Kier alpha value is -1.43. The van der Waals surface area contributed by atoms with E-state index >= 15 is 0 Å². The Morgan fingerprint density at radius 2 is 1.07 bits per heavy atom. The number of ether oxygens (including phenoxy) is 2. The van der Waals surface area contributed by atoms with Crippen LogP contribution in [0.15, 0.2) is 24.3 Å². The molecule has 0 amide bonds. The van der Waals surface area contributed by atoms with Gasteiger partial charge in [0, 0.05) is 17.3 Å². The topological polar surface area (TPSA) is 88.1 Å². The molecule has 0 saturated carbocycles. The van der Waals surface area contributed by atoms with Gasteiger partial charge >= 0.3 is 19.5 Å². The van der Waals surface area contributed by atoms with Crippen molar-refractivity contribution in [3.8, 4) is 0 Å². The fourth-order valence-corrected chi connectivity index (χ4v) is 3.22. The largest absolute Gasteiger partial charge is 0.462 e. The van der Waals surface area contributed by atoms with E-state index in [1.807, 2.05) is 0 Å². The maximum absolute atomic E-state index is 12.5. The zero-order chi connectivity index (χ0) is 21.4. The lowest BCUT2D eigenvalue weighted by Crippen LogP contribution is -2.07. The number of hydrogen-bond acceptors (Lipinski definition) is 7. The van der Waals surface area contributed by atoms with E-state index in [-0.39, 0.29) is 11.9 Å². The van der Waals surface area contributed by atoms with Crippen LogP contribution in [0.4, 0.5) is 0 Å². The zero-order valence-corrected chi connectivity index (χ0v) is 18.4. The van der Waals surface area contributed by atoms with Gasteiger partial charge in [0.1, 0.15) is 0 Å². The molecule has 7 nitrogen and oxygen atoms in total. The average Bonchev–Trinajstić information content (AvgIpc) is 2.65. The first-order chi connectivity index (χ1) is 13.2. The Bertz CT molecular complexity index is 513. The third-order valence-electron chi connectivity index (χ3n) is 3.70. The zero-order valence-electron chi connectivity index (χ0n) is 17.5. The van der Waals surface area contributed by atoms with Crippen LogP contribution in [0.1, 0.15) is 59.3 Å². The van der Waals surface area contributed by atoms with Crippen LogP contribution in [0.2, 0.25) is 0 Å². The quantitative estimate of drug-likeness (QED) is 0.145. The highest BCUT2D eigenvalue weighted by Gasteiger charge is 2.21. The molecule has 0 unspecified atom stereocenters. The van der Waals surface area contributed by atoms with Crippen molar-refractivity contribution in [1.82, 2.24) is 0 Å². The standard InChI is InChI=1S/C20H35O7P/c1-6-28(23,26-15-11-7-9-13-24-19(21)17(2)3)27-16-12-8-10-14-25-20(22)18(4)5/h2,4,6-16H2,1,3,5H3. The number of carbonyl (C=O) groups is 2. The lowest BCUT2D eigenvalue weighted by molar-refractivity contribution is -0.139. The van der Waals surface area contributed by atoms with Gasteiger partial charge in [-0.3, -0.25) is 4.57 Å². The summed E-state index contributed by atoms with van der Waals surface area (Å²) in [4.78, 5) is 22.4. The Labute approximate surface area is 169 Å². The van der Waals surface area contributed by atoms with Crippen molar-refractivity contribution in [1.29, 1.82) is 0 Å². The second-order valence-electron chi connectivity index (χ2n) is 6.55. The van der Waals surface area contributed by atoms with E-state index in [9.17, 15) is 14.2 Å². The van der Waals surface area contributed by atoms with Crippen LogP contribution in [0.3, 0.4) is 0 Å². The van der Waals surface area contributed by atoms with Crippen molar-refractivity contribution in [2.24, 2.45) is 0 Å². The molecule has 0 aliphatic heterocycles. The third-order valence-corrected chi connectivity index (χ3v) is 5.63. The number of unbranched alkanes of at least 4 members (excludes halogenated alkanes) is 4. The smallest absolute Gasteiger partial charge is 0.333 e. The molecule has 0 bridgehead atoms. The normalized spacial score (nSPS) is 11.1. The SMILES string of the molecule is C=C(C)C(=O)OCCCCCOP(=O)(CC)OCCCCCOC(=O)C(=C)C. The Morgan fingerprint density at radius 1 is 0.714 bits per heavy atom. The van der Waals surface area contributed by atoms with Crippen molar-refractivity contribution < 1.29 is 32.7 Å². The van der Waals surface area contributed by atoms with Crippen LogP contribution in [-0.4, -0.2) is 44.5 Å². The molecule has 0 aliphatic rings. The Kier molecular flexibility index (Phi) is 14.7. The summed E-state index contributed by atoms with van der Waals surface area (Å²) >= 11 is 0. The molecule has 0 aromatic carbocycles. The predicted molar refractivity (Wildman–Crippen MR) is 109 cm³/mol. The molecule has 0 atom stereocenters. The molecule has 8 heteroatoms. The van der Waals surface area contributed by atoms with E-state index in [0.29, 0.717) is 56.6 Å². The minimum Gasteiger partial charge on any atom is -0.462 e. The first kappa shape index (κ1) is 26.6. The third kappa shape index (κ3) is 13.7. The molecule has 28 heavy (non-hydrogen) atoms. The Balaban J connectivity index is 3.73. The van der Waals surface area contributed by atoms with Gasteiger partial charge in [-0.2, -0.15) is 0 Å². The van der Waals surface area contributed by atoms with E-state index in [4.69, 9.17) is 18.5 Å². The van der Waals surface area contributed by atoms with Gasteiger partial charge in [0.2, 0.25) is 0 Å². The van der Waals surface area contributed by atoms with Crippen LogP contribution >= 0.6 is 7.60 Å². The van der Waals surface area contributed by atoms with Crippen molar-refractivity contribution in [2.75, 3.05) is 32.6 Å². The molecule has 0 radical (unpaired) electrons. The van der Waals surface area contributed by atoms with Gasteiger partial charge < -0.3 is 18.5 Å². The van der Waals surface area contributed by atoms with Crippen molar-refractivity contribution in [2.45, 2.75) is 59.3 Å². The van der Waals surface area contributed by atoms with Crippen molar-refractivity contribution >= 4 is 19.5 Å². The molecule has 0 aromatic rings. The van der Waals surface area contributed by atoms with Crippen molar-refractivity contribution in [3.05, 3.63) is 24.3 Å². The lowest BCUT2D eigenvalue weighted by Gasteiger charge is -2.17. The molecule has 0 fully saturated rings. The van der Waals surface area contributed by atoms with E-state index in [2.05, 4.69) is 13.2 Å². The van der Waals surface area contributed by atoms with Gasteiger partial charge in [0.25, 0.3) is 0 Å². The second kappa shape index (κ2) is 15.5. The highest BCUT2D eigenvalue weighted by atomic mass is 31.2. The molecule has 0 rings (SSSR count). The van der Waals surface area contributed by atoms with Crippen molar-refractivity contribution in [3.63, 3.8) is 0 Å². The fourth-order valence-electron chi connectivity index (χ4n) is 1.97. The molecule has 0 saturated heterocycles. The molecule has 0 aliphatic carbocycles. The Morgan fingerprint density at radius 3 is 1.39 bits per heavy atom. The molecule has 0 aromatic heterocycles. The van der Waals surface area contributed by atoms with E-state index in [1.54, 1.807) is 20.8 Å². The number of hydrogen-bond donors (Lipinski definition) is 0. The molecule has 0 heterocycles. The minimum atomic E-state index is -3.06. The summed E-state index contributed by atoms with van der Waals surface area (Å²) in [5, 5.41) is 0. The van der Waals surface area contributed by atoms with Gasteiger partial charge in [-0.1, -0.05) is 20.1 Å². The summed E-state index contributed by atoms with van der Waals surface area (Å²) < 4.78 is 33.4. The summed E-state index contributed by atoms with van der Waals surface area (Å²) in [5.41, 5.74) is 0.773. The second-order valence-corrected chi connectivity index (χ2v) is 8.92. The van der Waals surface area contributed by atoms with Gasteiger partial charge in [-0.15, -0.1) is 0 Å². The lowest BCUT2D eigenvalue weighted by atomic mass is 10.2. The maximum Gasteiger partial charge on any atom is 0.333 e. The highest BCUT2D eigenvalue weighted by molar-refractivity contribution is 7.53. The van der Waals surface area contributed by atoms with Gasteiger partial charge in [-0.25, -0.2) is 9.59 Å². The predicted octanol–water partition coefficient (Wildman–Crippen LogP) is 4.81. The number of carbonyl (C=O) groups excluding carboxylic acids is 2. The van der Waals surface area contributed by atoms with Crippen LogP contribution in [-0.2, 0) is 32.7 Å². The maximum atomic E-state index is 12.5. The number of rotatable bonds is 17. The monoisotopic (exact) mass is 418 g/mol. The molecule has 0 spiro atoms. The van der Waals surface area contributed by atoms with E-state index in [0.717, 1.165) is 25.7 Å². The first-order valence-corrected chi connectivity index (χ1v) is 11.5. The molecule has 162 valence electrons. The summed E-state index contributed by atoms with van der Waals surface area (Å²) in [7, 11) is -3.06. The minimum absolute atomic E-state index is 0.319. The highest BCUT2D eigenvalue weighted by Crippen LogP contribution is 2.47. The summed E-state index contributed by atoms with van der Waals surface area (Å²) in [6, 6.07) is 0. The number of esters is 2. The van der Waals surface area contributed by atoms with Crippen LogP contribution < -0.4 is 0 Å². The van der Waals surface area contributed by atoms with Crippen LogP contribution in [0.25, 0.3) is 0 Å². The molecular formula is C20H35O7P. The van der Waals surface area contributed by atoms with E-state index < -0.39 is 7.60 Å². The van der Waals surface area contributed by atoms with Gasteiger partial charge in [-0.05, 0) is 52.4 Å². The summed E-state index contributed by atoms with van der Waals surface area (Å²) in [6.45, 7) is 13.4. The van der Waals surface area contributed by atoms with Crippen LogP contribution in [0.5, 0.6) is 0 Å². The average molecular weight is 418 g/mol. The van der Waals surface area contributed by atoms with E-state index in [1.165, 1.54) is 0 Å².